The van der Waals surface area contributed by atoms with Gasteiger partial charge in [0.15, 0.2) is 0 Å². The lowest BCUT2D eigenvalue weighted by atomic mass is 9.98. The predicted octanol–water partition coefficient (Wildman–Crippen LogP) is 13.1. The van der Waals surface area contributed by atoms with Gasteiger partial charge in [-0.05, 0) is 80.1 Å². The fourth-order valence-electron chi connectivity index (χ4n) is 9.92. The number of carbonyl (C=O) groups excluding carboxylic acids is 5. The monoisotopic (exact) mass is 1460 g/mol. The van der Waals surface area contributed by atoms with E-state index in [2.05, 4.69) is 83.3 Å². The second kappa shape index (κ2) is 43.2. The molecule has 26 nitrogen and oxygen atoms in total. The SMILES string of the molecule is CCC[C@H](NC(=O)/C(C#N)=C/c1ncc[nH]1)c1ccccc1.C[C@H](NC(=O)/C(C#N)=C/c1ncc[nH]1)c1ccccc1Cl.Cc1ccc(CNC(=O)/C(C#N)=C/c2ncc[nH]2)o1.Cc1cccc([C@H](C)NC(=O)/C(C#N)=C/c2ncc[nH]2)c1.N#C/C(=C\c1ncc[nH]1)C(=O)NC(c1ccccc1)c1ccccc1. The fraction of sp³-hybridized carbons (Fsp3) is 0.148. The number of hydrogen-bond donors (Lipinski definition) is 10. The van der Waals surface area contributed by atoms with Crippen molar-refractivity contribution in [3.05, 3.63) is 321 Å². The Morgan fingerprint density at radius 2 is 0.815 bits per heavy atom. The average Bonchev–Trinajstić information content (AvgIpc) is 1.93. The molecule has 0 aliphatic carbocycles. The lowest BCUT2D eigenvalue weighted by Crippen LogP contribution is -2.30. The predicted molar refractivity (Wildman–Crippen MR) is 407 cm³/mol. The van der Waals surface area contributed by atoms with Gasteiger partial charge in [-0.15, -0.1) is 0 Å². The van der Waals surface area contributed by atoms with E-state index in [9.17, 15) is 34.5 Å². The average molecular weight is 1460 g/mol. The minimum Gasteiger partial charge on any atom is -0.465 e. The number of aromatic amines is 5. The van der Waals surface area contributed by atoms with Crippen LogP contribution in [0.1, 0.15) is 132 Å². The van der Waals surface area contributed by atoms with Gasteiger partial charge in [-0.1, -0.05) is 164 Å². The highest BCUT2D eigenvalue weighted by Crippen LogP contribution is 2.25. The first-order chi connectivity index (χ1) is 52.4. The second-order valence-electron chi connectivity index (χ2n) is 23.2. The number of carbonyl (C=O) groups is 5. The van der Waals surface area contributed by atoms with Gasteiger partial charge in [-0.3, -0.25) is 24.0 Å². The van der Waals surface area contributed by atoms with E-state index in [1.807, 2.05) is 191 Å². The molecule has 0 bridgehead atoms. The third kappa shape index (κ3) is 26.2. The third-order valence-corrected chi connectivity index (χ3v) is 15.6. The Morgan fingerprint density at radius 1 is 0.444 bits per heavy atom. The van der Waals surface area contributed by atoms with E-state index in [0.717, 1.165) is 52.0 Å². The molecular formula is C81H75ClN20O6. The van der Waals surface area contributed by atoms with Crippen LogP contribution in [0.5, 0.6) is 0 Å². The van der Waals surface area contributed by atoms with Gasteiger partial charge in [0.2, 0.25) is 0 Å². The van der Waals surface area contributed by atoms with Gasteiger partial charge < -0.3 is 55.9 Å². The zero-order valence-corrected chi connectivity index (χ0v) is 60.1. The maximum absolute atomic E-state index is 12.6. The van der Waals surface area contributed by atoms with Crippen LogP contribution in [0.25, 0.3) is 30.4 Å². The van der Waals surface area contributed by atoms with Crippen LogP contribution in [-0.4, -0.2) is 79.4 Å². The first-order valence-electron chi connectivity index (χ1n) is 33.5. The molecular weight excluding hydrogens is 1380 g/mol. The zero-order chi connectivity index (χ0) is 77.4. The summed E-state index contributed by atoms with van der Waals surface area (Å²) in [6.45, 7) is 9.81. The van der Waals surface area contributed by atoms with Gasteiger partial charge in [-0.25, -0.2) is 24.9 Å². The number of benzene rings is 5. The number of H-pyrrole nitrogens is 5. The van der Waals surface area contributed by atoms with E-state index in [-0.39, 0.29) is 64.5 Å². The molecule has 11 rings (SSSR count). The molecule has 5 amide bonds. The zero-order valence-electron chi connectivity index (χ0n) is 59.3. The molecule has 0 unspecified atom stereocenters. The number of amides is 5. The molecule has 10 N–H and O–H groups in total. The number of furan rings is 1. The van der Waals surface area contributed by atoms with Gasteiger partial charge in [0.05, 0.1) is 30.7 Å². The summed E-state index contributed by atoms with van der Waals surface area (Å²) in [6, 6.07) is 56.3. The Labute approximate surface area is 628 Å². The van der Waals surface area contributed by atoms with Crippen molar-refractivity contribution >= 4 is 71.5 Å². The summed E-state index contributed by atoms with van der Waals surface area (Å²) in [4.78, 5) is 95.0. The van der Waals surface area contributed by atoms with Crippen LogP contribution in [0.3, 0.4) is 0 Å². The molecule has 3 atom stereocenters. The molecule has 5 aromatic carbocycles. The standard InChI is InChI=1S/C20H16N4O.C17H18N4O.C16H16N4O.C15H13ClN4O.C13H12N4O2/c21-14-17(13-18-22-11-12-23-18)20(25)24-19(15-7-3-1-4-8-15)16-9-5-2-6-10-16;1-2-6-15(13-7-4-3-5-8-13)21-17(22)14(12-18)11-16-19-9-10-20-16;1-11-4-3-5-13(8-11)12(2)20-16(21)14(10-17)9-15-18-6-7-19-15;1-10(12-4-2-3-5-13(12)16)20-15(21)11(9-17)8-14-18-6-7-19-14;1-9-2-3-11(19-9)8-17-13(18)10(7-14)6-12-15-4-5-16-12/h1-13,19H,(H,22,23)(H,24,25);3-5,7-11,15H,2,6H2,1H3,(H,19,20)(H,21,22);3-9,12H,1-2H3,(H,18,19)(H,20,21);2-8,10H,1H3,(H,18,19)(H,20,21);2-6H,8H2,1H3,(H,15,16)(H,17,18)/b17-13+;14-11+;14-9+;11-8+;10-6+/t;15-;12-;10-;/m.000./s1. The maximum Gasteiger partial charge on any atom is 0.262 e. The number of halogens is 1. The van der Waals surface area contributed by atoms with Gasteiger partial charge in [0.25, 0.3) is 29.5 Å². The number of nitrogens with one attached hydrogen (secondary N) is 10. The molecule has 27 heteroatoms. The molecule has 0 saturated heterocycles. The van der Waals surface area contributed by atoms with E-state index in [1.54, 1.807) is 81.0 Å². The van der Waals surface area contributed by atoms with Crippen molar-refractivity contribution in [2.24, 2.45) is 0 Å². The van der Waals surface area contributed by atoms with Crippen LogP contribution in [-0.2, 0) is 30.5 Å². The summed E-state index contributed by atoms with van der Waals surface area (Å²) in [7, 11) is 0. The van der Waals surface area contributed by atoms with Crippen molar-refractivity contribution in [3.8, 4) is 30.3 Å². The van der Waals surface area contributed by atoms with Crippen molar-refractivity contribution in [1.82, 2.24) is 76.4 Å². The van der Waals surface area contributed by atoms with Crippen LogP contribution in [0.4, 0.5) is 0 Å². The van der Waals surface area contributed by atoms with Crippen LogP contribution < -0.4 is 26.6 Å². The topological polar surface area (TPSA) is 421 Å². The largest absolute Gasteiger partial charge is 0.465 e. The second-order valence-corrected chi connectivity index (χ2v) is 23.6. The molecule has 6 heterocycles. The number of rotatable bonds is 23. The molecule has 0 aliphatic heterocycles. The van der Waals surface area contributed by atoms with E-state index in [4.69, 9.17) is 31.8 Å². The molecule has 108 heavy (non-hydrogen) atoms. The number of nitriles is 5. The van der Waals surface area contributed by atoms with E-state index in [1.165, 1.54) is 30.4 Å². The van der Waals surface area contributed by atoms with Crippen molar-refractivity contribution in [2.45, 2.75) is 78.2 Å². The van der Waals surface area contributed by atoms with Gasteiger partial charge >= 0.3 is 0 Å². The summed E-state index contributed by atoms with van der Waals surface area (Å²) >= 11 is 6.09. The van der Waals surface area contributed by atoms with Crippen LogP contribution >= 0.6 is 11.6 Å². The Kier molecular flexibility index (Phi) is 32.2. The Morgan fingerprint density at radius 3 is 1.19 bits per heavy atom. The quantitative estimate of drug-likeness (QED) is 0.0210. The summed E-state index contributed by atoms with van der Waals surface area (Å²) in [5, 5.41) is 60.3. The van der Waals surface area contributed by atoms with Crippen molar-refractivity contribution in [2.75, 3.05) is 0 Å². The molecule has 0 fully saturated rings. The molecule has 6 aromatic heterocycles. The third-order valence-electron chi connectivity index (χ3n) is 15.3. The van der Waals surface area contributed by atoms with Crippen molar-refractivity contribution < 1.29 is 28.4 Å². The Bertz CT molecular complexity index is 5030. The lowest BCUT2D eigenvalue weighted by molar-refractivity contribution is -0.118. The summed E-state index contributed by atoms with van der Waals surface area (Å²) < 4.78 is 5.32. The molecule has 11 aromatic rings. The normalized spacial score (nSPS) is 11.9. The summed E-state index contributed by atoms with van der Waals surface area (Å²) in [6.07, 6.45) is 24.8. The van der Waals surface area contributed by atoms with Gasteiger partial charge in [0.1, 0.15) is 98.9 Å². The van der Waals surface area contributed by atoms with Crippen molar-refractivity contribution in [3.63, 3.8) is 0 Å². The van der Waals surface area contributed by atoms with Crippen molar-refractivity contribution in [1.29, 1.82) is 26.3 Å². The molecule has 0 radical (unpaired) electrons. The van der Waals surface area contributed by atoms with E-state index in [0.29, 0.717) is 39.9 Å². The highest BCUT2D eigenvalue weighted by molar-refractivity contribution is 6.31. The molecule has 542 valence electrons. The first-order valence-corrected chi connectivity index (χ1v) is 33.9. The lowest BCUT2D eigenvalue weighted by Gasteiger charge is -2.19. The number of aromatic nitrogens is 10. The number of imidazole rings is 5. The van der Waals surface area contributed by atoms with Crippen LogP contribution in [0.2, 0.25) is 5.02 Å². The van der Waals surface area contributed by atoms with E-state index < -0.39 is 23.6 Å². The van der Waals surface area contributed by atoms with Gasteiger partial charge in [-0.2, -0.15) is 26.3 Å². The Balaban J connectivity index is 0.000000189. The first kappa shape index (κ1) is 80.5. The number of aryl methyl sites for hydroxylation is 2. The van der Waals surface area contributed by atoms with Gasteiger partial charge in [0, 0.05) is 97.4 Å². The minimum absolute atomic E-state index is 0.00758. The number of nitrogens with zero attached hydrogens (tertiary/aromatic N) is 10. The van der Waals surface area contributed by atoms with Crippen LogP contribution in [0.15, 0.2) is 246 Å². The summed E-state index contributed by atoms with van der Waals surface area (Å²) in [5.74, 6) is 1.56. The van der Waals surface area contributed by atoms with Crippen LogP contribution in [0, 0.1) is 70.5 Å². The molecule has 0 saturated carbocycles. The maximum atomic E-state index is 12.6. The highest BCUT2D eigenvalue weighted by atomic mass is 35.5. The number of hydrogen-bond acceptors (Lipinski definition) is 16. The Hall–Kier alpha value is -14.8. The fourth-order valence-corrected chi connectivity index (χ4v) is 10.2. The minimum atomic E-state index is -0.471. The smallest absolute Gasteiger partial charge is 0.262 e. The van der Waals surface area contributed by atoms with E-state index >= 15 is 0 Å². The highest BCUT2D eigenvalue weighted by Gasteiger charge is 2.22. The molecule has 0 aliphatic rings. The molecule has 0 spiro atoms. The summed E-state index contributed by atoms with van der Waals surface area (Å²) in [5.41, 5.74) is 5.84.